The van der Waals surface area contributed by atoms with Crippen LogP contribution in [-0.2, 0) is 0 Å². The maximum Gasteiger partial charge on any atom is 0.265 e. The molecule has 3 aromatic rings. The van der Waals surface area contributed by atoms with Crippen LogP contribution in [0.3, 0.4) is 0 Å². The first-order valence-electron chi connectivity index (χ1n) is 5.11. The molecule has 0 saturated heterocycles. The highest BCUT2D eigenvalue weighted by molar-refractivity contribution is 7.12. The Morgan fingerprint density at radius 3 is 3.06 bits per heavy atom. The summed E-state index contributed by atoms with van der Waals surface area (Å²) in [7, 11) is 0. The standard InChI is InChI=1S/C12H9N3OS/c16-12(10-4-2-8-17-10)14-9-3-1-6-15-7-5-13-11(9)15/h1-8H,(H,14,16). The topological polar surface area (TPSA) is 46.4 Å². The molecule has 1 N–H and O–H groups in total. The van der Waals surface area contributed by atoms with Crippen LogP contribution in [0.15, 0.2) is 48.2 Å². The van der Waals surface area contributed by atoms with Gasteiger partial charge < -0.3 is 9.72 Å². The van der Waals surface area contributed by atoms with Crippen LogP contribution in [0.2, 0.25) is 0 Å². The van der Waals surface area contributed by atoms with Crippen molar-refractivity contribution in [2.75, 3.05) is 5.32 Å². The van der Waals surface area contributed by atoms with E-state index in [-0.39, 0.29) is 5.91 Å². The van der Waals surface area contributed by atoms with E-state index in [2.05, 4.69) is 10.3 Å². The molecule has 4 nitrogen and oxygen atoms in total. The SMILES string of the molecule is O=C(Nc1cccn2ccnc12)c1cccs1. The van der Waals surface area contributed by atoms with Crippen LogP contribution < -0.4 is 5.32 Å². The average Bonchev–Trinajstić information content (AvgIpc) is 3.00. The molecule has 3 rings (SSSR count). The number of imidazole rings is 1. The third kappa shape index (κ3) is 1.81. The van der Waals surface area contributed by atoms with E-state index in [4.69, 9.17) is 0 Å². The molecule has 0 unspecified atom stereocenters. The lowest BCUT2D eigenvalue weighted by Gasteiger charge is -2.04. The van der Waals surface area contributed by atoms with Crippen molar-refractivity contribution in [2.45, 2.75) is 0 Å². The minimum absolute atomic E-state index is 0.101. The summed E-state index contributed by atoms with van der Waals surface area (Å²) in [5, 5.41) is 4.74. The van der Waals surface area contributed by atoms with E-state index in [0.717, 1.165) is 11.3 Å². The number of fused-ring (bicyclic) bond motifs is 1. The molecule has 0 radical (unpaired) electrons. The van der Waals surface area contributed by atoms with Gasteiger partial charge in [-0.3, -0.25) is 4.79 Å². The van der Waals surface area contributed by atoms with Crippen LogP contribution >= 0.6 is 11.3 Å². The molecule has 0 atom stereocenters. The predicted molar refractivity (Wildman–Crippen MR) is 67.5 cm³/mol. The first-order valence-corrected chi connectivity index (χ1v) is 5.99. The Bertz CT molecular complexity index is 657. The number of aromatic nitrogens is 2. The van der Waals surface area contributed by atoms with Gasteiger partial charge in [0.15, 0.2) is 5.65 Å². The summed E-state index contributed by atoms with van der Waals surface area (Å²) >= 11 is 1.42. The smallest absolute Gasteiger partial charge is 0.265 e. The highest BCUT2D eigenvalue weighted by atomic mass is 32.1. The molecule has 0 spiro atoms. The van der Waals surface area contributed by atoms with Gasteiger partial charge in [0.1, 0.15) is 0 Å². The van der Waals surface area contributed by atoms with Gasteiger partial charge in [-0.1, -0.05) is 6.07 Å². The van der Waals surface area contributed by atoms with E-state index in [1.54, 1.807) is 12.3 Å². The Morgan fingerprint density at radius 2 is 2.24 bits per heavy atom. The minimum atomic E-state index is -0.101. The van der Waals surface area contributed by atoms with Gasteiger partial charge >= 0.3 is 0 Å². The van der Waals surface area contributed by atoms with Gasteiger partial charge in [-0.05, 0) is 23.6 Å². The Balaban J connectivity index is 1.95. The normalized spacial score (nSPS) is 10.6. The number of carbonyl (C=O) groups excluding carboxylic acids is 1. The molecule has 0 aliphatic carbocycles. The maximum atomic E-state index is 11.9. The number of thiophene rings is 1. The molecule has 0 fully saturated rings. The van der Waals surface area contributed by atoms with Crippen molar-refractivity contribution in [3.05, 3.63) is 53.1 Å². The molecular formula is C12H9N3OS. The lowest BCUT2D eigenvalue weighted by atomic mass is 10.3. The van der Waals surface area contributed by atoms with Gasteiger partial charge in [0.25, 0.3) is 5.91 Å². The van der Waals surface area contributed by atoms with Crippen molar-refractivity contribution in [2.24, 2.45) is 0 Å². The van der Waals surface area contributed by atoms with E-state index >= 15 is 0 Å². The Morgan fingerprint density at radius 1 is 1.29 bits per heavy atom. The lowest BCUT2D eigenvalue weighted by molar-refractivity contribution is 0.103. The Kier molecular flexibility index (Phi) is 2.38. The number of amides is 1. The van der Waals surface area contributed by atoms with E-state index in [0.29, 0.717) is 4.88 Å². The number of rotatable bonds is 2. The summed E-state index contributed by atoms with van der Waals surface area (Å²) in [5.74, 6) is -0.101. The van der Waals surface area contributed by atoms with Crippen molar-refractivity contribution in [1.82, 2.24) is 9.38 Å². The second-order valence-corrected chi connectivity index (χ2v) is 4.46. The monoisotopic (exact) mass is 243 g/mol. The molecule has 1 amide bonds. The van der Waals surface area contributed by atoms with Crippen LogP contribution in [0.25, 0.3) is 5.65 Å². The largest absolute Gasteiger partial charge is 0.318 e. The summed E-state index contributed by atoms with van der Waals surface area (Å²) in [6.45, 7) is 0. The number of hydrogen-bond acceptors (Lipinski definition) is 3. The van der Waals surface area contributed by atoms with Crippen molar-refractivity contribution < 1.29 is 4.79 Å². The Labute approximate surface area is 102 Å². The van der Waals surface area contributed by atoms with E-state index in [1.165, 1.54) is 11.3 Å². The quantitative estimate of drug-likeness (QED) is 0.752. The first kappa shape index (κ1) is 10.0. The molecule has 0 saturated carbocycles. The number of anilines is 1. The summed E-state index contributed by atoms with van der Waals surface area (Å²) in [4.78, 5) is 16.8. The van der Waals surface area contributed by atoms with Gasteiger partial charge in [-0.15, -0.1) is 11.3 Å². The van der Waals surface area contributed by atoms with Gasteiger partial charge in [0.2, 0.25) is 0 Å². The van der Waals surface area contributed by atoms with Gasteiger partial charge in [0.05, 0.1) is 10.6 Å². The minimum Gasteiger partial charge on any atom is -0.318 e. The van der Waals surface area contributed by atoms with Crippen molar-refractivity contribution in [3.8, 4) is 0 Å². The zero-order valence-corrected chi connectivity index (χ0v) is 9.65. The fourth-order valence-corrected chi connectivity index (χ4v) is 2.26. The van der Waals surface area contributed by atoms with Crippen LogP contribution in [0.1, 0.15) is 9.67 Å². The van der Waals surface area contributed by atoms with E-state index in [9.17, 15) is 4.79 Å². The highest BCUT2D eigenvalue weighted by Gasteiger charge is 2.09. The molecule has 3 heterocycles. The van der Waals surface area contributed by atoms with Gasteiger partial charge in [0, 0.05) is 18.6 Å². The predicted octanol–water partition coefficient (Wildman–Crippen LogP) is 2.65. The maximum absolute atomic E-state index is 11.9. The van der Waals surface area contributed by atoms with Crippen molar-refractivity contribution in [1.29, 1.82) is 0 Å². The number of hydrogen-bond donors (Lipinski definition) is 1. The molecule has 5 heteroatoms. The third-order valence-corrected chi connectivity index (χ3v) is 3.28. The molecule has 0 aliphatic rings. The average molecular weight is 243 g/mol. The van der Waals surface area contributed by atoms with Crippen LogP contribution in [0, 0.1) is 0 Å². The summed E-state index contributed by atoms with van der Waals surface area (Å²) < 4.78 is 1.87. The van der Waals surface area contributed by atoms with Crippen LogP contribution in [0.5, 0.6) is 0 Å². The van der Waals surface area contributed by atoms with Crippen molar-refractivity contribution in [3.63, 3.8) is 0 Å². The Hall–Kier alpha value is -2.14. The van der Waals surface area contributed by atoms with Gasteiger partial charge in [-0.25, -0.2) is 4.98 Å². The van der Waals surface area contributed by atoms with Gasteiger partial charge in [-0.2, -0.15) is 0 Å². The van der Waals surface area contributed by atoms with Crippen LogP contribution in [-0.4, -0.2) is 15.3 Å². The lowest BCUT2D eigenvalue weighted by Crippen LogP contribution is -2.11. The number of pyridine rings is 1. The molecule has 0 bridgehead atoms. The van der Waals surface area contributed by atoms with Crippen LogP contribution in [0.4, 0.5) is 5.69 Å². The number of nitrogens with zero attached hydrogens (tertiary/aromatic N) is 2. The van der Waals surface area contributed by atoms with Crippen molar-refractivity contribution >= 4 is 28.6 Å². The molecule has 3 aromatic heterocycles. The van der Waals surface area contributed by atoms with E-state index in [1.807, 2.05) is 40.4 Å². The molecule has 17 heavy (non-hydrogen) atoms. The summed E-state index contributed by atoms with van der Waals surface area (Å²) in [5.41, 5.74) is 1.47. The zero-order chi connectivity index (χ0) is 11.7. The molecule has 0 aromatic carbocycles. The zero-order valence-electron chi connectivity index (χ0n) is 8.83. The number of carbonyl (C=O) groups is 1. The fraction of sp³-hybridized carbons (Fsp3) is 0. The number of nitrogens with one attached hydrogen (secondary N) is 1. The van der Waals surface area contributed by atoms with E-state index < -0.39 is 0 Å². The summed E-state index contributed by atoms with van der Waals surface area (Å²) in [6.07, 6.45) is 5.44. The molecule has 0 aliphatic heterocycles. The first-order chi connectivity index (χ1) is 8.34. The molecular weight excluding hydrogens is 234 g/mol. The second-order valence-electron chi connectivity index (χ2n) is 3.51. The summed E-state index contributed by atoms with van der Waals surface area (Å²) in [6, 6.07) is 7.37. The highest BCUT2D eigenvalue weighted by Crippen LogP contribution is 2.17. The molecule has 84 valence electrons. The fourth-order valence-electron chi connectivity index (χ4n) is 1.64. The third-order valence-electron chi connectivity index (χ3n) is 2.41. The second kappa shape index (κ2) is 4.03.